The van der Waals surface area contributed by atoms with Crippen LogP contribution in [0.2, 0.25) is 0 Å². The fourth-order valence-electron chi connectivity index (χ4n) is 2.50. The Bertz CT molecular complexity index is 1220. The SMILES string of the molecule is NC(=O)c1ccccc1NC(=O)CS(=O)(=O)c1ccc2c(c1)S(=O)(=O)N=CN2. The van der Waals surface area contributed by atoms with Crippen molar-refractivity contribution in [3.05, 3.63) is 48.0 Å². The van der Waals surface area contributed by atoms with Gasteiger partial charge in [0, 0.05) is 0 Å². The van der Waals surface area contributed by atoms with E-state index in [1.165, 1.54) is 30.3 Å². The van der Waals surface area contributed by atoms with Crippen LogP contribution in [0.4, 0.5) is 11.4 Å². The molecule has 0 aromatic heterocycles. The smallest absolute Gasteiger partial charge is 0.285 e. The molecule has 0 unspecified atom stereocenters. The second kappa shape index (κ2) is 7.05. The fraction of sp³-hybridized carbons (Fsp3) is 0.0625. The van der Waals surface area contributed by atoms with Crippen molar-refractivity contribution in [2.24, 2.45) is 10.1 Å². The standard InChI is InChI=1S/C16H14N4O6S2/c17-16(22)11-3-1-2-4-12(11)20-15(21)8-27(23,24)10-5-6-13-14(7-10)28(25,26)19-9-18-13/h1-7,9H,8H2,(H2,17,22)(H,18,19)(H,20,21). The Morgan fingerprint density at radius 1 is 1.14 bits per heavy atom. The van der Waals surface area contributed by atoms with Gasteiger partial charge in [0.2, 0.25) is 5.91 Å². The maximum atomic E-state index is 12.5. The minimum Gasteiger partial charge on any atom is -0.366 e. The summed E-state index contributed by atoms with van der Waals surface area (Å²) in [7, 11) is -8.20. The molecule has 4 N–H and O–H groups in total. The number of hydrogen-bond donors (Lipinski definition) is 3. The highest BCUT2D eigenvalue weighted by molar-refractivity contribution is 7.92. The number of anilines is 2. The summed E-state index contributed by atoms with van der Waals surface area (Å²) in [4.78, 5) is 22.9. The molecule has 0 radical (unpaired) electrons. The maximum Gasteiger partial charge on any atom is 0.285 e. The molecule has 0 aliphatic carbocycles. The molecule has 0 bridgehead atoms. The third-order valence-electron chi connectivity index (χ3n) is 3.79. The highest BCUT2D eigenvalue weighted by Crippen LogP contribution is 2.28. The molecule has 0 atom stereocenters. The molecule has 0 saturated carbocycles. The van der Waals surface area contributed by atoms with Crippen LogP contribution in [0.3, 0.4) is 0 Å². The van der Waals surface area contributed by atoms with E-state index in [9.17, 15) is 26.4 Å². The lowest BCUT2D eigenvalue weighted by molar-refractivity contribution is -0.113. The van der Waals surface area contributed by atoms with E-state index in [0.29, 0.717) is 0 Å². The first kappa shape index (κ1) is 19.5. The van der Waals surface area contributed by atoms with E-state index in [1.54, 1.807) is 6.07 Å². The van der Waals surface area contributed by atoms with Crippen LogP contribution in [0, 0.1) is 0 Å². The van der Waals surface area contributed by atoms with Gasteiger partial charge in [-0.05, 0) is 30.3 Å². The summed E-state index contributed by atoms with van der Waals surface area (Å²) in [6.07, 6.45) is 0.982. The minimum atomic E-state index is -4.17. The third kappa shape index (κ3) is 3.87. The van der Waals surface area contributed by atoms with Crippen molar-refractivity contribution < 1.29 is 26.4 Å². The number of primary amides is 1. The topological polar surface area (TPSA) is 165 Å². The molecule has 1 aliphatic heterocycles. The molecule has 0 saturated heterocycles. The summed E-state index contributed by atoms with van der Waals surface area (Å²) in [5, 5.41) is 4.92. The quantitative estimate of drug-likeness (QED) is 0.625. The average Bonchev–Trinajstić information content (AvgIpc) is 2.61. The molecular weight excluding hydrogens is 408 g/mol. The van der Waals surface area contributed by atoms with E-state index in [-0.39, 0.29) is 26.7 Å². The Balaban J connectivity index is 1.86. The third-order valence-corrected chi connectivity index (χ3v) is 6.68. The number of benzene rings is 2. The van der Waals surface area contributed by atoms with Crippen molar-refractivity contribution in [2.45, 2.75) is 9.79 Å². The molecule has 1 aliphatic rings. The molecule has 3 rings (SSSR count). The van der Waals surface area contributed by atoms with E-state index >= 15 is 0 Å². The van der Waals surface area contributed by atoms with Gasteiger partial charge in [0.05, 0.1) is 21.8 Å². The number of carbonyl (C=O) groups is 2. The number of para-hydroxylation sites is 1. The Labute approximate surface area is 160 Å². The number of carbonyl (C=O) groups excluding carboxylic acids is 2. The molecule has 146 valence electrons. The number of rotatable bonds is 5. The number of nitrogens with zero attached hydrogens (tertiary/aromatic N) is 1. The van der Waals surface area contributed by atoms with Crippen molar-refractivity contribution in [1.82, 2.24) is 0 Å². The van der Waals surface area contributed by atoms with Gasteiger partial charge in [-0.2, -0.15) is 8.42 Å². The lowest BCUT2D eigenvalue weighted by Gasteiger charge is -2.14. The zero-order valence-electron chi connectivity index (χ0n) is 14.1. The van der Waals surface area contributed by atoms with E-state index in [0.717, 1.165) is 12.4 Å². The van der Waals surface area contributed by atoms with Crippen molar-refractivity contribution >= 4 is 49.4 Å². The number of fused-ring (bicyclic) bond motifs is 1. The van der Waals surface area contributed by atoms with Crippen LogP contribution in [-0.4, -0.2) is 40.7 Å². The van der Waals surface area contributed by atoms with Gasteiger partial charge < -0.3 is 16.4 Å². The van der Waals surface area contributed by atoms with Crippen molar-refractivity contribution in [3.63, 3.8) is 0 Å². The van der Waals surface area contributed by atoms with Gasteiger partial charge in [0.25, 0.3) is 15.9 Å². The zero-order chi connectivity index (χ0) is 20.5. The molecule has 2 amide bonds. The molecular formula is C16H14N4O6S2. The summed E-state index contributed by atoms with van der Waals surface area (Å²) >= 11 is 0. The maximum absolute atomic E-state index is 12.5. The second-order valence-electron chi connectivity index (χ2n) is 5.73. The first-order valence-electron chi connectivity index (χ1n) is 7.71. The number of amides is 2. The Morgan fingerprint density at radius 2 is 1.86 bits per heavy atom. The lowest BCUT2D eigenvalue weighted by atomic mass is 10.1. The van der Waals surface area contributed by atoms with E-state index in [1.807, 2.05) is 0 Å². The molecule has 0 fully saturated rings. The average molecular weight is 422 g/mol. The van der Waals surface area contributed by atoms with Crippen molar-refractivity contribution in [3.8, 4) is 0 Å². The van der Waals surface area contributed by atoms with Gasteiger partial charge in [0.15, 0.2) is 9.84 Å². The van der Waals surface area contributed by atoms with Gasteiger partial charge in [-0.15, -0.1) is 4.40 Å². The molecule has 2 aromatic carbocycles. The van der Waals surface area contributed by atoms with Crippen LogP contribution >= 0.6 is 0 Å². The summed E-state index contributed by atoms with van der Waals surface area (Å²) in [5.74, 6) is -2.66. The van der Waals surface area contributed by atoms with Crippen LogP contribution in [0.25, 0.3) is 0 Å². The first-order valence-corrected chi connectivity index (χ1v) is 10.8. The normalized spacial score (nSPS) is 14.6. The second-order valence-corrected chi connectivity index (χ2v) is 9.32. The number of hydrogen-bond acceptors (Lipinski definition) is 7. The molecule has 1 heterocycles. The van der Waals surface area contributed by atoms with Crippen LogP contribution in [0.1, 0.15) is 10.4 Å². The summed E-state index contributed by atoms with van der Waals surface area (Å²) in [5.41, 5.74) is 5.49. The van der Waals surface area contributed by atoms with Gasteiger partial charge in [0.1, 0.15) is 17.0 Å². The number of sulfonamides is 1. The van der Waals surface area contributed by atoms with Crippen LogP contribution in [-0.2, 0) is 24.7 Å². The van der Waals surface area contributed by atoms with Gasteiger partial charge >= 0.3 is 0 Å². The highest BCUT2D eigenvalue weighted by Gasteiger charge is 2.26. The summed E-state index contributed by atoms with van der Waals surface area (Å²) < 4.78 is 52.3. The van der Waals surface area contributed by atoms with Crippen molar-refractivity contribution in [2.75, 3.05) is 16.4 Å². The highest BCUT2D eigenvalue weighted by atomic mass is 32.2. The Morgan fingerprint density at radius 3 is 2.57 bits per heavy atom. The summed E-state index contributed by atoms with van der Waals surface area (Å²) in [6.45, 7) is 0. The largest absolute Gasteiger partial charge is 0.366 e. The number of sulfone groups is 1. The molecule has 0 spiro atoms. The molecule has 10 nitrogen and oxygen atoms in total. The minimum absolute atomic E-state index is 0.0251. The Kier molecular flexibility index (Phi) is 4.91. The summed E-state index contributed by atoms with van der Waals surface area (Å²) in [6, 6.07) is 9.25. The number of nitrogens with two attached hydrogens (primary N) is 1. The monoisotopic (exact) mass is 422 g/mol. The first-order chi connectivity index (χ1) is 13.1. The van der Waals surface area contributed by atoms with E-state index in [2.05, 4.69) is 15.0 Å². The molecule has 12 heteroatoms. The zero-order valence-corrected chi connectivity index (χ0v) is 15.7. The van der Waals surface area contributed by atoms with E-state index < -0.39 is 37.4 Å². The molecule has 2 aromatic rings. The van der Waals surface area contributed by atoms with Crippen LogP contribution < -0.4 is 16.4 Å². The Hall–Kier alpha value is -3.25. The van der Waals surface area contributed by atoms with Crippen LogP contribution in [0.15, 0.2) is 56.7 Å². The van der Waals surface area contributed by atoms with E-state index in [4.69, 9.17) is 5.73 Å². The van der Waals surface area contributed by atoms with Gasteiger partial charge in [-0.1, -0.05) is 12.1 Å². The van der Waals surface area contributed by atoms with Gasteiger partial charge in [-0.25, -0.2) is 8.42 Å². The van der Waals surface area contributed by atoms with Gasteiger partial charge in [-0.3, -0.25) is 9.59 Å². The lowest BCUT2D eigenvalue weighted by Crippen LogP contribution is -2.25. The van der Waals surface area contributed by atoms with Crippen molar-refractivity contribution in [1.29, 1.82) is 0 Å². The predicted molar refractivity (Wildman–Crippen MR) is 101 cm³/mol. The predicted octanol–water partition coefficient (Wildman–Crippen LogP) is 0.340. The van der Waals surface area contributed by atoms with Crippen LogP contribution in [0.5, 0.6) is 0 Å². The molecule has 28 heavy (non-hydrogen) atoms. The fourth-order valence-corrected chi connectivity index (χ4v) is 4.72. The number of nitrogens with one attached hydrogen (secondary N) is 2.